The van der Waals surface area contributed by atoms with Crippen molar-refractivity contribution in [1.82, 2.24) is 9.78 Å². The van der Waals surface area contributed by atoms with E-state index in [9.17, 15) is 18.0 Å². The quantitative estimate of drug-likeness (QED) is 0.501. The van der Waals surface area contributed by atoms with Gasteiger partial charge in [0.05, 0.1) is 31.2 Å². The molecule has 1 aliphatic rings. The maximum atomic E-state index is 13.7. The van der Waals surface area contributed by atoms with Crippen LogP contribution < -0.4 is 15.0 Å². The van der Waals surface area contributed by atoms with Crippen LogP contribution in [0, 0.1) is 0 Å². The molecule has 0 unspecified atom stereocenters. The van der Waals surface area contributed by atoms with Gasteiger partial charge in [-0.25, -0.2) is 0 Å². The molecule has 0 fully saturated rings. The zero-order chi connectivity index (χ0) is 22.3. The van der Waals surface area contributed by atoms with E-state index in [1.165, 1.54) is 26.4 Å². The van der Waals surface area contributed by atoms with Crippen molar-refractivity contribution in [2.45, 2.75) is 25.4 Å². The highest BCUT2D eigenvalue weighted by atomic mass is 79.9. The maximum Gasteiger partial charge on any atom is 0.418 e. The lowest BCUT2D eigenvalue weighted by Gasteiger charge is -2.17. The average molecular weight is 495 g/mol. The first-order valence-electron chi connectivity index (χ1n) is 9.48. The molecule has 0 spiro atoms. The summed E-state index contributed by atoms with van der Waals surface area (Å²) in [7, 11) is 3.02. The molecule has 0 saturated carbocycles. The molecule has 0 atom stereocenters. The van der Waals surface area contributed by atoms with Crippen LogP contribution >= 0.6 is 15.9 Å². The van der Waals surface area contributed by atoms with Gasteiger partial charge in [0.15, 0.2) is 0 Å². The van der Waals surface area contributed by atoms with Crippen LogP contribution in [-0.2, 0) is 19.0 Å². The summed E-state index contributed by atoms with van der Waals surface area (Å²) >= 11 is 3.08. The molecule has 0 amide bonds. The van der Waals surface area contributed by atoms with Crippen LogP contribution in [0.15, 0.2) is 45.7 Å². The zero-order valence-corrected chi connectivity index (χ0v) is 18.3. The van der Waals surface area contributed by atoms with Crippen LogP contribution in [-0.4, -0.2) is 24.0 Å². The van der Waals surface area contributed by atoms with Gasteiger partial charge in [0.1, 0.15) is 11.5 Å². The van der Waals surface area contributed by atoms with Crippen LogP contribution in [0.25, 0.3) is 16.9 Å². The van der Waals surface area contributed by atoms with Gasteiger partial charge in [0.2, 0.25) is 0 Å². The van der Waals surface area contributed by atoms with Crippen LogP contribution in [0.4, 0.5) is 13.2 Å². The minimum Gasteiger partial charge on any atom is -0.497 e. The molecule has 1 aromatic heterocycles. The Hall–Kier alpha value is -2.81. The molecule has 0 bridgehead atoms. The van der Waals surface area contributed by atoms with Crippen molar-refractivity contribution in [3.63, 3.8) is 0 Å². The molecule has 162 valence electrons. The van der Waals surface area contributed by atoms with Gasteiger partial charge in [-0.05, 0) is 55.2 Å². The lowest BCUT2D eigenvalue weighted by molar-refractivity contribution is -0.137. The summed E-state index contributed by atoms with van der Waals surface area (Å²) in [6.07, 6.45) is -2.81. The van der Waals surface area contributed by atoms with Crippen LogP contribution in [0.5, 0.6) is 11.5 Å². The van der Waals surface area contributed by atoms with Crippen molar-refractivity contribution in [2.24, 2.45) is 0 Å². The SMILES string of the molecule is COc1cc(OC)cc(-c2nn(-c3ccc(Br)cc3C(F)(F)F)c(=O)c3c2CCC3)c1. The second kappa shape index (κ2) is 8.03. The minimum absolute atomic E-state index is 0.260. The minimum atomic E-state index is -4.65. The van der Waals surface area contributed by atoms with E-state index in [0.717, 1.165) is 22.7 Å². The Morgan fingerprint density at radius 3 is 2.26 bits per heavy atom. The van der Waals surface area contributed by atoms with Crippen molar-refractivity contribution in [3.8, 4) is 28.4 Å². The van der Waals surface area contributed by atoms with Crippen molar-refractivity contribution in [1.29, 1.82) is 0 Å². The van der Waals surface area contributed by atoms with Gasteiger partial charge < -0.3 is 9.47 Å². The molecule has 4 rings (SSSR count). The lowest BCUT2D eigenvalue weighted by atomic mass is 10.0. The fourth-order valence-corrected chi connectivity index (χ4v) is 4.20. The number of nitrogens with zero attached hydrogens (tertiary/aromatic N) is 2. The molecular weight excluding hydrogens is 477 g/mol. The van der Waals surface area contributed by atoms with E-state index in [1.807, 2.05) is 0 Å². The number of rotatable bonds is 4. The summed E-state index contributed by atoms with van der Waals surface area (Å²) in [5.74, 6) is 1.03. The number of hydrogen-bond donors (Lipinski definition) is 0. The molecule has 0 radical (unpaired) electrons. The van der Waals surface area contributed by atoms with Crippen molar-refractivity contribution < 1.29 is 22.6 Å². The third-order valence-electron chi connectivity index (χ3n) is 5.27. The molecule has 2 aromatic carbocycles. The molecule has 0 N–H and O–H groups in total. The first kappa shape index (κ1) is 21.4. The largest absolute Gasteiger partial charge is 0.497 e. The molecule has 1 aliphatic carbocycles. The summed E-state index contributed by atoms with van der Waals surface area (Å²) in [5, 5.41) is 4.42. The number of fused-ring (bicyclic) bond motifs is 1. The van der Waals surface area contributed by atoms with Crippen molar-refractivity contribution in [2.75, 3.05) is 14.2 Å². The van der Waals surface area contributed by atoms with Gasteiger partial charge in [0, 0.05) is 21.7 Å². The number of hydrogen-bond acceptors (Lipinski definition) is 4. The Balaban J connectivity index is 2.02. The van der Waals surface area contributed by atoms with E-state index < -0.39 is 17.3 Å². The maximum absolute atomic E-state index is 13.7. The molecule has 0 saturated heterocycles. The van der Waals surface area contributed by atoms with Gasteiger partial charge in [-0.1, -0.05) is 15.9 Å². The fraction of sp³-hybridized carbons (Fsp3) is 0.273. The molecule has 9 heteroatoms. The highest BCUT2D eigenvalue weighted by molar-refractivity contribution is 9.10. The first-order valence-corrected chi connectivity index (χ1v) is 10.3. The predicted octanol–water partition coefficient (Wildman–Crippen LogP) is 5.19. The summed E-state index contributed by atoms with van der Waals surface area (Å²) in [5.41, 5.74) is 0.508. The standard InChI is InChI=1S/C22H18BrF3N2O3/c1-30-14-8-12(9-15(11-14)31-2)20-16-4-3-5-17(16)21(29)28(27-20)19-7-6-13(23)10-18(19)22(24,25)26/h6-11H,3-5H2,1-2H3. The molecule has 3 aromatic rings. The third-order valence-corrected chi connectivity index (χ3v) is 5.76. The van der Waals surface area contributed by atoms with Gasteiger partial charge in [-0.3, -0.25) is 4.79 Å². The van der Waals surface area contributed by atoms with Gasteiger partial charge >= 0.3 is 6.18 Å². The van der Waals surface area contributed by atoms with E-state index in [4.69, 9.17) is 9.47 Å². The normalized spacial score (nSPS) is 13.2. The van der Waals surface area contributed by atoms with E-state index in [2.05, 4.69) is 21.0 Å². The van der Waals surface area contributed by atoms with E-state index in [0.29, 0.717) is 41.2 Å². The smallest absolute Gasteiger partial charge is 0.418 e. The second-order valence-electron chi connectivity index (χ2n) is 7.14. The zero-order valence-electron chi connectivity index (χ0n) is 16.7. The predicted molar refractivity (Wildman–Crippen MR) is 113 cm³/mol. The van der Waals surface area contributed by atoms with E-state index in [-0.39, 0.29) is 10.2 Å². The Kier molecular flexibility index (Phi) is 5.55. The molecule has 1 heterocycles. The molecule has 31 heavy (non-hydrogen) atoms. The van der Waals surface area contributed by atoms with Crippen molar-refractivity contribution >= 4 is 15.9 Å². The van der Waals surface area contributed by atoms with Crippen molar-refractivity contribution in [3.05, 3.63) is 67.9 Å². The Labute approximate surface area is 184 Å². The highest BCUT2D eigenvalue weighted by Crippen LogP contribution is 2.37. The number of ether oxygens (including phenoxy) is 2. The summed E-state index contributed by atoms with van der Waals surface area (Å²) in [6.45, 7) is 0. The highest BCUT2D eigenvalue weighted by Gasteiger charge is 2.35. The summed E-state index contributed by atoms with van der Waals surface area (Å²) < 4.78 is 53.0. The van der Waals surface area contributed by atoms with E-state index in [1.54, 1.807) is 18.2 Å². The topological polar surface area (TPSA) is 53.4 Å². The number of aromatic nitrogens is 2. The summed E-state index contributed by atoms with van der Waals surface area (Å²) in [4.78, 5) is 13.1. The fourth-order valence-electron chi connectivity index (χ4n) is 3.83. The summed E-state index contributed by atoms with van der Waals surface area (Å²) in [6, 6.07) is 8.80. The number of methoxy groups -OCH3 is 2. The van der Waals surface area contributed by atoms with Crippen LogP contribution in [0.1, 0.15) is 23.1 Å². The van der Waals surface area contributed by atoms with Gasteiger partial charge in [0.25, 0.3) is 5.56 Å². The third kappa shape index (κ3) is 3.94. The number of benzene rings is 2. The molecule has 0 aliphatic heterocycles. The number of alkyl halides is 3. The van der Waals surface area contributed by atoms with Crippen LogP contribution in [0.2, 0.25) is 0 Å². The second-order valence-corrected chi connectivity index (χ2v) is 8.05. The number of halogens is 4. The molecule has 5 nitrogen and oxygen atoms in total. The van der Waals surface area contributed by atoms with Gasteiger partial charge in [-0.2, -0.15) is 23.0 Å². The Morgan fingerprint density at radius 2 is 1.65 bits per heavy atom. The Bertz CT molecular complexity index is 1200. The lowest BCUT2D eigenvalue weighted by Crippen LogP contribution is -2.28. The average Bonchev–Trinajstić information content (AvgIpc) is 3.24. The van der Waals surface area contributed by atoms with Crippen LogP contribution in [0.3, 0.4) is 0 Å². The van der Waals surface area contributed by atoms with Gasteiger partial charge in [-0.15, -0.1) is 0 Å². The first-order chi connectivity index (χ1) is 14.7. The monoisotopic (exact) mass is 494 g/mol. The van der Waals surface area contributed by atoms with E-state index >= 15 is 0 Å². The molecular formula is C22H18BrF3N2O3. The Morgan fingerprint density at radius 1 is 1.00 bits per heavy atom.